The van der Waals surface area contributed by atoms with E-state index in [-0.39, 0.29) is 0 Å². The second-order valence-corrected chi connectivity index (χ2v) is 4.39. The van der Waals surface area contributed by atoms with Crippen molar-refractivity contribution >= 4 is 5.82 Å². The Hall–Kier alpha value is -2.08. The molecule has 1 unspecified atom stereocenters. The van der Waals surface area contributed by atoms with Crippen molar-refractivity contribution in [2.45, 2.75) is 12.5 Å². The summed E-state index contributed by atoms with van der Waals surface area (Å²) in [5.41, 5.74) is 6.80. The third-order valence-corrected chi connectivity index (χ3v) is 3.11. The highest BCUT2D eigenvalue weighted by Crippen LogP contribution is 2.23. The Morgan fingerprint density at radius 1 is 1.25 bits per heavy atom. The highest BCUT2D eigenvalue weighted by Gasteiger charge is 2.17. The largest absolute Gasteiger partial charge is 0.383 e. The number of nitrogens with two attached hydrogens (primary N) is 1. The van der Waals surface area contributed by atoms with Gasteiger partial charge in [-0.3, -0.25) is 0 Å². The number of rotatable bonds is 4. The molecule has 0 aliphatic carbocycles. The van der Waals surface area contributed by atoms with E-state index < -0.39 is 23.5 Å². The fourth-order valence-corrected chi connectivity index (χ4v) is 2.01. The normalized spacial score (nSPS) is 12.4. The summed E-state index contributed by atoms with van der Waals surface area (Å²) in [6, 6.07) is 5.07. The summed E-state index contributed by atoms with van der Waals surface area (Å²) < 4.78 is 39.5. The minimum atomic E-state index is -1.47. The van der Waals surface area contributed by atoms with Crippen LogP contribution in [0.2, 0.25) is 0 Å². The Morgan fingerprint density at radius 2 is 1.90 bits per heavy atom. The fraction of sp³-hybridized carbons (Fsp3) is 0.214. The molecule has 20 heavy (non-hydrogen) atoms. The molecule has 6 heteroatoms. The first-order chi connectivity index (χ1) is 9.52. The number of anilines is 1. The monoisotopic (exact) mass is 281 g/mol. The molecule has 0 radical (unpaired) electrons. The van der Waals surface area contributed by atoms with Gasteiger partial charge in [0.1, 0.15) is 5.82 Å². The van der Waals surface area contributed by atoms with Gasteiger partial charge in [0.2, 0.25) is 0 Å². The standard InChI is InChI=1S/C14H14F3N3/c1-19-12(7-8-3-2-4-20-14(8)18)9-5-10(15)13(17)11(16)6-9/h2-6,12,19H,7H2,1H3,(H2,18,20). The first-order valence-electron chi connectivity index (χ1n) is 6.04. The van der Waals surface area contributed by atoms with Crippen molar-refractivity contribution in [1.82, 2.24) is 10.3 Å². The molecular formula is C14H14F3N3. The molecule has 3 nitrogen and oxygen atoms in total. The summed E-state index contributed by atoms with van der Waals surface area (Å²) in [4.78, 5) is 3.95. The van der Waals surface area contributed by atoms with Crippen LogP contribution in [0, 0.1) is 17.5 Å². The first kappa shape index (κ1) is 14.3. The molecule has 0 bridgehead atoms. The Labute approximate surface area is 114 Å². The number of pyridine rings is 1. The quantitative estimate of drug-likeness (QED) is 0.847. The van der Waals surface area contributed by atoms with Gasteiger partial charge >= 0.3 is 0 Å². The zero-order valence-electron chi connectivity index (χ0n) is 10.8. The number of likely N-dealkylation sites (N-methyl/N-ethyl adjacent to an activating group) is 1. The van der Waals surface area contributed by atoms with Crippen LogP contribution < -0.4 is 11.1 Å². The van der Waals surface area contributed by atoms with Gasteiger partial charge in [0.05, 0.1) is 0 Å². The zero-order valence-corrected chi connectivity index (χ0v) is 10.8. The van der Waals surface area contributed by atoms with Crippen LogP contribution in [-0.4, -0.2) is 12.0 Å². The van der Waals surface area contributed by atoms with E-state index in [0.29, 0.717) is 17.8 Å². The van der Waals surface area contributed by atoms with Gasteiger partial charge in [-0.25, -0.2) is 18.2 Å². The smallest absolute Gasteiger partial charge is 0.194 e. The number of benzene rings is 1. The summed E-state index contributed by atoms with van der Waals surface area (Å²) in [5.74, 6) is -3.53. The van der Waals surface area contributed by atoms with Crippen molar-refractivity contribution in [1.29, 1.82) is 0 Å². The third-order valence-electron chi connectivity index (χ3n) is 3.11. The number of nitrogens with zero attached hydrogens (tertiary/aromatic N) is 1. The van der Waals surface area contributed by atoms with E-state index in [9.17, 15) is 13.2 Å². The lowest BCUT2D eigenvalue weighted by atomic mass is 9.99. The van der Waals surface area contributed by atoms with E-state index >= 15 is 0 Å². The lowest BCUT2D eigenvalue weighted by Gasteiger charge is -2.18. The maximum Gasteiger partial charge on any atom is 0.194 e. The highest BCUT2D eigenvalue weighted by atomic mass is 19.2. The van der Waals surface area contributed by atoms with Gasteiger partial charge in [0.25, 0.3) is 0 Å². The molecule has 1 aromatic heterocycles. The Balaban J connectivity index is 2.31. The Bertz CT molecular complexity index is 593. The van der Waals surface area contributed by atoms with Crippen LogP contribution in [0.5, 0.6) is 0 Å². The molecule has 0 aliphatic heterocycles. The zero-order chi connectivity index (χ0) is 14.7. The maximum atomic E-state index is 13.3. The second-order valence-electron chi connectivity index (χ2n) is 4.39. The number of hydrogen-bond acceptors (Lipinski definition) is 3. The molecule has 0 amide bonds. The van der Waals surface area contributed by atoms with Crippen LogP contribution in [-0.2, 0) is 6.42 Å². The predicted molar refractivity (Wildman–Crippen MR) is 70.5 cm³/mol. The summed E-state index contributed by atoms with van der Waals surface area (Å²) in [7, 11) is 1.65. The first-order valence-corrected chi connectivity index (χ1v) is 6.04. The summed E-state index contributed by atoms with van der Waals surface area (Å²) in [5, 5.41) is 2.93. The molecular weight excluding hydrogens is 267 g/mol. The van der Waals surface area contributed by atoms with Crippen molar-refractivity contribution in [2.75, 3.05) is 12.8 Å². The average Bonchev–Trinajstić information content (AvgIpc) is 2.43. The third kappa shape index (κ3) is 2.91. The van der Waals surface area contributed by atoms with Crippen molar-refractivity contribution in [3.05, 3.63) is 59.0 Å². The SMILES string of the molecule is CNC(Cc1cccnc1N)c1cc(F)c(F)c(F)c1. The van der Waals surface area contributed by atoms with Gasteiger partial charge in [-0.1, -0.05) is 6.07 Å². The predicted octanol–water partition coefficient (Wildman–Crippen LogP) is 2.58. The molecule has 2 aromatic rings. The van der Waals surface area contributed by atoms with E-state index in [1.165, 1.54) is 0 Å². The number of hydrogen-bond donors (Lipinski definition) is 2. The summed E-state index contributed by atoms with van der Waals surface area (Å²) in [6.07, 6.45) is 1.95. The van der Waals surface area contributed by atoms with Crippen LogP contribution in [0.4, 0.5) is 19.0 Å². The molecule has 0 saturated heterocycles. The van der Waals surface area contributed by atoms with Crippen LogP contribution >= 0.6 is 0 Å². The summed E-state index contributed by atoms with van der Waals surface area (Å²) in [6.45, 7) is 0. The van der Waals surface area contributed by atoms with Crippen LogP contribution in [0.15, 0.2) is 30.5 Å². The molecule has 0 fully saturated rings. The van der Waals surface area contributed by atoms with Crippen molar-refractivity contribution in [2.24, 2.45) is 0 Å². The second kappa shape index (κ2) is 5.92. The molecule has 2 rings (SSSR count). The minimum absolute atomic E-state index is 0.312. The molecule has 0 spiro atoms. The maximum absolute atomic E-state index is 13.3. The molecule has 106 valence electrons. The van der Waals surface area contributed by atoms with Gasteiger partial charge < -0.3 is 11.1 Å². The average molecular weight is 281 g/mol. The summed E-state index contributed by atoms with van der Waals surface area (Å²) >= 11 is 0. The fourth-order valence-electron chi connectivity index (χ4n) is 2.01. The van der Waals surface area contributed by atoms with Crippen LogP contribution in [0.1, 0.15) is 17.2 Å². The van der Waals surface area contributed by atoms with Gasteiger partial charge in [-0.05, 0) is 42.8 Å². The highest BCUT2D eigenvalue weighted by molar-refractivity contribution is 5.40. The van der Waals surface area contributed by atoms with E-state index in [2.05, 4.69) is 10.3 Å². The topological polar surface area (TPSA) is 50.9 Å². The van der Waals surface area contributed by atoms with Crippen LogP contribution in [0.25, 0.3) is 0 Å². The van der Waals surface area contributed by atoms with Crippen LogP contribution in [0.3, 0.4) is 0 Å². The Kier molecular flexibility index (Phi) is 4.24. The van der Waals surface area contributed by atoms with Crippen molar-refractivity contribution in [3.8, 4) is 0 Å². The molecule has 0 saturated carbocycles. The molecule has 1 heterocycles. The van der Waals surface area contributed by atoms with E-state index in [1.54, 1.807) is 25.4 Å². The Morgan fingerprint density at radius 3 is 2.45 bits per heavy atom. The van der Waals surface area contributed by atoms with E-state index in [4.69, 9.17) is 5.73 Å². The number of halogens is 3. The minimum Gasteiger partial charge on any atom is -0.383 e. The molecule has 1 aromatic carbocycles. The van der Waals surface area contributed by atoms with Crippen molar-refractivity contribution in [3.63, 3.8) is 0 Å². The molecule has 1 atom stereocenters. The number of aromatic nitrogens is 1. The van der Waals surface area contributed by atoms with Gasteiger partial charge in [0, 0.05) is 12.2 Å². The van der Waals surface area contributed by atoms with Crippen molar-refractivity contribution < 1.29 is 13.2 Å². The molecule has 3 N–H and O–H groups in total. The lowest BCUT2D eigenvalue weighted by molar-refractivity contribution is 0.441. The molecule has 0 aliphatic rings. The number of nitrogen functional groups attached to an aromatic ring is 1. The van der Waals surface area contributed by atoms with Gasteiger partial charge in [-0.2, -0.15) is 0 Å². The van der Waals surface area contributed by atoms with E-state index in [0.717, 1.165) is 17.7 Å². The number of nitrogens with one attached hydrogen (secondary N) is 1. The lowest BCUT2D eigenvalue weighted by Crippen LogP contribution is -2.20. The van der Waals surface area contributed by atoms with Gasteiger partial charge in [0.15, 0.2) is 17.5 Å². The van der Waals surface area contributed by atoms with Gasteiger partial charge in [-0.15, -0.1) is 0 Å². The van der Waals surface area contributed by atoms with E-state index in [1.807, 2.05) is 0 Å².